The Morgan fingerprint density at radius 2 is 1.73 bits per heavy atom. The van der Waals surface area contributed by atoms with Crippen molar-refractivity contribution >= 4 is 11.8 Å². The molecule has 0 radical (unpaired) electrons. The van der Waals surface area contributed by atoms with Gasteiger partial charge in [0.25, 0.3) is 5.91 Å². The molecule has 6 heteroatoms. The lowest BCUT2D eigenvalue weighted by Gasteiger charge is -2.53. The topological polar surface area (TPSA) is 58.4 Å². The number of carbonyl (C=O) groups excluding carboxylic acids is 2. The Hall–Kier alpha value is -1.85. The molecule has 1 saturated carbocycles. The molecule has 2 saturated heterocycles. The zero-order chi connectivity index (χ0) is 18.4. The van der Waals surface area contributed by atoms with Crippen molar-refractivity contribution in [3.63, 3.8) is 0 Å². The van der Waals surface area contributed by atoms with Gasteiger partial charge in [-0.05, 0) is 37.2 Å². The van der Waals surface area contributed by atoms with Crippen LogP contribution in [-0.4, -0.2) is 57.6 Å². The molecule has 3 fully saturated rings. The Morgan fingerprint density at radius 1 is 1.08 bits per heavy atom. The quantitative estimate of drug-likeness (QED) is 0.834. The van der Waals surface area contributed by atoms with Crippen molar-refractivity contribution in [2.45, 2.75) is 51.9 Å². The highest BCUT2D eigenvalue weighted by Crippen LogP contribution is 2.43. The van der Waals surface area contributed by atoms with Gasteiger partial charge in [0.2, 0.25) is 5.91 Å². The summed E-state index contributed by atoms with van der Waals surface area (Å²) in [6.45, 7) is 5.59. The normalized spacial score (nSPS) is 23.9. The third-order valence-corrected chi connectivity index (χ3v) is 6.84. The van der Waals surface area contributed by atoms with Crippen molar-refractivity contribution in [3.8, 4) is 0 Å². The zero-order valence-electron chi connectivity index (χ0n) is 16.0. The Kier molecular flexibility index (Phi) is 4.32. The number of hydrogen-bond donors (Lipinski definition) is 0. The van der Waals surface area contributed by atoms with Crippen LogP contribution in [-0.2, 0) is 11.8 Å². The zero-order valence-corrected chi connectivity index (χ0v) is 16.0. The van der Waals surface area contributed by atoms with Crippen molar-refractivity contribution in [3.05, 3.63) is 18.0 Å². The van der Waals surface area contributed by atoms with E-state index in [0.29, 0.717) is 18.0 Å². The number of carbonyl (C=O) groups is 2. The number of aryl methyl sites for hydroxylation is 1. The number of hydrogen-bond acceptors (Lipinski definition) is 3. The maximum Gasteiger partial charge on any atom is 0.274 e. The van der Waals surface area contributed by atoms with E-state index in [1.165, 1.54) is 25.7 Å². The lowest BCUT2D eigenvalue weighted by molar-refractivity contribution is -0.137. The number of rotatable bonds is 3. The van der Waals surface area contributed by atoms with E-state index in [-0.39, 0.29) is 16.7 Å². The van der Waals surface area contributed by atoms with Crippen molar-refractivity contribution in [2.24, 2.45) is 17.9 Å². The average molecular weight is 358 g/mol. The lowest BCUT2D eigenvalue weighted by atomic mass is 9.71. The first-order valence-electron chi connectivity index (χ1n) is 9.95. The molecule has 6 nitrogen and oxygen atoms in total. The molecule has 3 heterocycles. The number of amides is 2. The highest BCUT2D eigenvalue weighted by atomic mass is 16.2. The fraction of sp³-hybridized carbons (Fsp3) is 0.750. The van der Waals surface area contributed by atoms with Crippen LogP contribution in [0.3, 0.4) is 0 Å². The average Bonchev–Trinajstić information content (AvgIpc) is 3.21. The van der Waals surface area contributed by atoms with E-state index >= 15 is 0 Å². The van der Waals surface area contributed by atoms with Crippen LogP contribution in [0.2, 0.25) is 0 Å². The van der Waals surface area contributed by atoms with Crippen LogP contribution < -0.4 is 0 Å². The monoisotopic (exact) mass is 358 g/mol. The summed E-state index contributed by atoms with van der Waals surface area (Å²) in [6.07, 6.45) is 9.48. The maximum atomic E-state index is 12.7. The van der Waals surface area contributed by atoms with E-state index in [0.717, 1.165) is 39.0 Å². The predicted molar refractivity (Wildman–Crippen MR) is 98.6 cm³/mol. The van der Waals surface area contributed by atoms with Gasteiger partial charge >= 0.3 is 0 Å². The van der Waals surface area contributed by atoms with Gasteiger partial charge in [-0.1, -0.05) is 19.8 Å². The summed E-state index contributed by atoms with van der Waals surface area (Å²) < 4.78 is 1.66. The molecule has 0 bridgehead atoms. The van der Waals surface area contributed by atoms with Gasteiger partial charge in [0.05, 0.1) is 0 Å². The van der Waals surface area contributed by atoms with E-state index in [1.54, 1.807) is 16.9 Å². The Balaban J connectivity index is 1.27. The number of nitrogens with zero attached hydrogens (tertiary/aromatic N) is 4. The van der Waals surface area contributed by atoms with Gasteiger partial charge in [-0.2, -0.15) is 5.10 Å². The molecule has 2 aliphatic heterocycles. The van der Waals surface area contributed by atoms with E-state index in [2.05, 4.69) is 16.9 Å². The smallest absolute Gasteiger partial charge is 0.274 e. The fourth-order valence-corrected chi connectivity index (χ4v) is 5.03. The van der Waals surface area contributed by atoms with Crippen LogP contribution in [0.15, 0.2) is 12.3 Å². The summed E-state index contributed by atoms with van der Waals surface area (Å²) in [5, 5.41) is 4.21. The minimum atomic E-state index is 0.0314. The molecule has 2 amide bonds. The lowest BCUT2D eigenvalue weighted by Crippen LogP contribution is -2.62. The number of piperidine rings is 1. The van der Waals surface area contributed by atoms with E-state index < -0.39 is 0 Å². The number of likely N-dealkylation sites (tertiary alicyclic amines) is 2. The van der Waals surface area contributed by atoms with Crippen molar-refractivity contribution in [2.75, 3.05) is 26.2 Å². The first kappa shape index (κ1) is 17.6. The standard InChI is InChI=1S/C20H30N4O2/c1-19(6-3-4-7-19)13-17(25)23-11-8-20(9-12-23)14-24(15-20)18(26)16-5-10-22(2)21-16/h5,10H,3-4,6-9,11-15H2,1-2H3. The van der Waals surface area contributed by atoms with Gasteiger partial charge in [-0.25, -0.2) is 0 Å². The van der Waals surface area contributed by atoms with Crippen molar-refractivity contribution in [1.29, 1.82) is 0 Å². The molecule has 0 atom stereocenters. The molecule has 1 aromatic heterocycles. The highest BCUT2D eigenvalue weighted by molar-refractivity contribution is 5.92. The maximum absolute atomic E-state index is 12.7. The minimum absolute atomic E-state index is 0.0314. The Labute approximate surface area is 155 Å². The SMILES string of the molecule is Cn1ccc(C(=O)N2CC3(CCN(C(=O)CC4(C)CCCC4)CC3)C2)n1. The molecule has 1 aromatic rings. The van der Waals surface area contributed by atoms with Crippen molar-refractivity contribution < 1.29 is 9.59 Å². The largest absolute Gasteiger partial charge is 0.343 e. The van der Waals surface area contributed by atoms with Crippen LogP contribution in [0.25, 0.3) is 0 Å². The molecule has 0 aromatic carbocycles. The Bertz CT molecular complexity index is 688. The van der Waals surface area contributed by atoms with Gasteiger partial charge in [0.1, 0.15) is 5.69 Å². The first-order valence-corrected chi connectivity index (χ1v) is 9.95. The number of aromatic nitrogens is 2. The van der Waals surface area contributed by atoms with Gasteiger partial charge in [0, 0.05) is 51.3 Å². The molecule has 0 unspecified atom stereocenters. The third-order valence-electron chi connectivity index (χ3n) is 6.84. The third kappa shape index (κ3) is 3.26. The minimum Gasteiger partial charge on any atom is -0.343 e. The second-order valence-electron chi connectivity index (χ2n) is 9.11. The summed E-state index contributed by atoms with van der Waals surface area (Å²) in [5.74, 6) is 0.369. The van der Waals surface area contributed by atoms with Gasteiger partial charge in [0.15, 0.2) is 0 Å². The van der Waals surface area contributed by atoms with Crippen LogP contribution in [0.1, 0.15) is 62.4 Å². The van der Waals surface area contributed by atoms with Gasteiger partial charge < -0.3 is 9.80 Å². The molecular weight excluding hydrogens is 328 g/mol. The molecule has 26 heavy (non-hydrogen) atoms. The highest BCUT2D eigenvalue weighted by Gasteiger charge is 2.48. The molecule has 1 aliphatic carbocycles. The molecule has 4 rings (SSSR count). The molecule has 0 N–H and O–H groups in total. The van der Waals surface area contributed by atoms with Gasteiger partial charge in [-0.3, -0.25) is 14.3 Å². The molecule has 3 aliphatic rings. The Morgan fingerprint density at radius 3 is 2.31 bits per heavy atom. The van der Waals surface area contributed by atoms with Crippen LogP contribution in [0.4, 0.5) is 0 Å². The van der Waals surface area contributed by atoms with Crippen LogP contribution >= 0.6 is 0 Å². The van der Waals surface area contributed by atoms with E-state index in [1.807, 2.05) is 11.9 Å². The second kappa shape index (κ2) is 6.39. The molecular formula is C20H30N4O2. The summed E-state index contributed by atoms with van der Waals surface area (Å²) in [6, 6.07) is 1.78. The van der Waals surface area contributed by atoms with Crippen LogP contribution in [0, 0.1) is 10.8 Å². The molecule has 142 valence electrons. The fourth-order valence-electron chi connectivity index (χ4n) is 5.03. The molecule has 1 spiro atoms. The summed E-state index contributed by atoms with van der Waals surface area (Å²) >= 11 is 0. The summed E-state index contributed by atoms with van der Waals surface area (Å²) in [5.41, 5.74) is 0.979. The predicted octanol–water partition coefficient (Wildman–Crippen LogP) is 2.46. The summed E-state index contributed by atoms with van der Waals surface area (Å²) in [4.78, 5) is 29.1. The van der Waals surface area contributed by atoms with Gasteiger partial charge in [-0.15, -0.1) is 0 Å². The summed E-state index contributed by atoms with van der Waals surface area (Å²) in [7, 11) is 1.83. The van der Waals surface area contributed by atoms with Crippen molar-refractivity contribution in [1.82, 2.24) is 19.6 Å². The second-order valence-corrected chi connectivity index (χ2v) is 9.11. The van der Waals surface area contributed by atoms with E-state index in [9.17, 15) is 9.59 Å². The van der Waals surface area contributed by atoms with Crippen LogP contribution in [0.5, 0.6) is 0 Å². The van der Waals surface area contributed by atoms with E-state index in [4.69, 9.17) is 0 Å². The first-order chi connectivity index (χ1) is 12.4.